The van der Waals surface area contributed by atoms with Crippen molar-refractivity contribution in [1.82, 2.24) is 9.97 Å². The summed E-state index contributed by atoms with van der Waals surface area (Å²) in [6.45, 7) is 6.86. The van der Waals surface area contributed by atoms with Crippen LogP contribution in [0.4, 0.5) is 5.82 Å². The third-order valence-corrected chi connectivity index (χ3v) is 2.30. The summed E-state index contributed by atoms with van der Waals surface area (Å²) in [5.41, 5.74) is -0.203. The van der Waals surface area contributed by atoms with Crippen molar-refractivity contribution in [2.75, 3.05) is 18.5 Å². The van der Waals surface area contributed by atoms with Gasteiger partial charge in [-0.3, -0.25) is 0 Å². The van der Waals surface area contributed by atoms with Crippen LogP contribution in [0.1, 0.15) is 33.6 Å². The molecule has 0 atom stereocenters. The van der Waals surface area contributed by atoms with Gasteiger partial charge in [0.2, 0.25) is 5.88 Å². The first-order valence-electron chi connectivity index (χ1n) is 5.91. The minimum Gasteiger partial charge on any atom is -0.478 e. The molecule has 0 saturated heterocycles. The fourth-order valence-electron chi connectivity index (χ4n) is 1.38. The molecular weight excluding hydrogens is 218 g/mol. The van der Waals surface area contributed by atoms with E-state index in [1.807, 2.05) is 20.8 Å². The van der Waals surface area contributed by atoms with E-state index in [-0.39, 0.29) is 12.1 Å². The Morgan fingerprint density at radius 3 is 2.82 bits per heavy atom. The van der Waals surface area contributed by atoms with Gasteiger partial charge < -0.3 is 15.2 Å². The fraction of sp³-hybridized carbons (Fsp3) is 0.667. The van der Waals surface area contributed by atoms with E-state index < -0.39 is 0 Å². The number of nitrogens with one attached hydrogen (secondary N) is 1. The highest BCUT2D eigenvalue weighted by Crippen LogP contribution is 2.18. The van der Waals surface area contributed by atoms with E-state index in [2.05, 4.69) is 15.3 Å². The summed E-state index contributed by atoms with van der Waals surface area (Å²) in [4.78, 5) is 8.16. The first kappa shape index (κ1) is 13.7. The summed E-state index contributed by atoms with van der Waals surface area (Å²) in [5, 5.41) is 12.2. The molecule has 0 aliphatic rings. The summed E-state index contributed by atoms with van der Waals surface area (Å²) in [6.07, 6.45) is 3.08. The largest absolute Gasteiger partial charge is 0.478 e. The van der Waals surface area contributed by atoms with Gasteiger partial charge in [0.25, 0.3) is 0 Å². The lowest BCUT2D eigenvalue weighted by Crippen LogP contribution is -2.32. The Hall–Kier alpha value is -1.36. The van der Waals surface area contributed by atoms with Gasteiger partial charge in [-0.25, -0.2) is 9.97 Å². The predicted octanol–water partition coefficient (Wildman–Crippen LogP) is 1.84. The summed E-state index contributed by atoms with van der Waals surface area (Å²) in [7, 11) is 0. The maximum absolute atomic E-state index is 8.95. The maximum atomic E-state index is 8.95. The highest BCUT2D eigenvalue weighted by molar-refractivity contribution is 5.39. The fourth-order valence-corrected chi connectivity index (χ4v) is 1.38. The summed E-state index contributed by atoms with van der Waals surface area (Å²) >= 11 is 0. The number of aromatic nitrogens is 2. The number of aliphatic hydroxyl groups excluding tert-OH is 1. The molecular formula is C12H21N3O2. The van der Waals surface area contributed by atoms with Crippen molar-refractivity contribution in [3.05, 3.63) is 12.4 Å². The van der Waals surface area contributed by atoms with Crippen LogP contribution < -0.4 is 10.1 Å². The number of nitrogens with zero attached hydrogens (tertiary/aromatic N) is 2. The van der Waals surface area contributed by atoms with Crippen molar-refractivity contribution in [1.29, 1.82) is 0 Å². The second-order valence-electron chi connectivity index (χ2n) is 4.57. The molecule has 1 heterocycles. The zero-order valence-electron chi connectivity index (χ0n) is 10.7. The molecule has 0 radical (unpaired) electrons. The molecule has 96 valence electrons. The van der Waals surface area contributed by atoms with Gasteiger partial charge in [0.1, 0.15) is 12.1 Å². The topological polar surface area (TPSA) is 67.3 Å². The van der Waals surface area contributed by atoms with Gasteiger partial charge in [-0.2, -0.15) is 0 Å². The van der Waals surface area contributed by atoms with E-state index in [1.54, 1.807) is 6.07 Å². The number of hydrogen-bond acceptors (Lipinski definition) is 5. The van der Waals surface area contributed by atoms with Gasteiger partial charge in [0.05, 0.1) is 6.61 Å². The van der Waals surface area contributed by atoms with Gasteiger partial charge in [-0.05, 0) is 26.7 Å². The van der Waals surface area contributed by atoms with Gasteiger partial charge >= 0.3 is 0 Å². The highest BCUT2D eigenvalue weighted by Gasteiger charge is 2.17. The minimum atomic E-state index is -0.203. The number of ether oxygens (including phenoxy) is 1. The average molecular weight is 239 g/mol. The Morgan fingerprint density at radius 1 is 1.41 bits per heavy atom. The van der Waals surface area contributed by atoms with E-state index in [1.165, 1.54) is 6.33 Å². The number of anilines is 1. The van der Waals surface area contributed by atoms with Gasteiger partial charge in [-0.1, -0.05) is 6.92 Å². The normalized spacial score (nSPS) is 11.3. The van der Waals surface area contributed by atoms with Crippen LogP contribution in [0.25, 0.3) is 0 Å². The SMILES string of the molecule is CCCOc1cc(NC(C)(C)CCO)ncn1. The van der Waals surface area contributed by atoms with E-state index >= 15 is 0 Å². The third-order valence-electron chi connectivity index (χ3n) is 2.30. The molecule has 0 unspecified atom stereocenters. The van der Waals surface area contributed by atoms with Gasteiger partial charge in [-0.15, -0.1) is 0 Å². The Morgan fingerprint density at radius 2 is 2.18 bits per heavy atom. The first-order chi connectivity index (χ1) is 8.07. The molecule has 1 aromatic heterocycles. The van der Waals surface area contributed by atoms with Crippen LogP contribution in [0, 0.1) is 0 Å². The highest BCUT2D eigenvalue weighted by atomic mass is 16.5. The van der Waals surface area contributed by atoms with Gasteiger partial charge in [0, 0.05) is 18.2 Å². The third kappa shape index (κ3) is 4.99. The van der Waals surface area contributed by atoms with Crippen molar-refractivity contribution >= 4 is 5.82 Å². The standard InChI is InChI=1S/C12H21N3O2/c1-4-7-17-11-8-10(13-9-14-11)15-12(2,3)5-6-16/h8-9,16H,4-7H2,1-3H3,(H,13,14,15). The molecule has 1 rings (SSSR count). The molecule has 0 aromatic carbocycles. The molecule has 0 aliphatic carbocycles. The monoisotopic (exact) mass is 239 g/mol. The second-order valence-corrected chi connectivity index (χ2v) is 4.57. The molecule has 0 amide bonds. The van der Waals surface area contributed by atoms with Crippen LogP contribution in [0.5, 0.6) is 5.88 Å². The maximum Gasteiger partial charge on any atom is 0.218 e. The molecule has 1 aromatic rings. The summed E-state index contributed by atoms with van der Waals surface area (Å²) in [5.74, 6) is 1.29. The van der Waals surface area contributed by atoms with Gasteiger partial charge in [0.15, 0.2) is 0 Å². The van der Waals surface area contributed by atoms with Crippen molar-refractivity contribution in [3.63, 3.8) is 0 Å². The lowest BCUT2D eigenvalue weighted by atomic mass is 10.0. The van der Waals surface area contributed by atoms with Crippen molar-refractivity contribution < 1.29 is 9.84 Å². The van der Waals surface area contributed by atoms with E-state index in [0.29, 0.717) is 24.7 Å². The Labute approximate surface area is 102 Å². The molecule has 0 aliphatic heterocycles. The van der Waals surface area contributed by atoms with Crippen molar-refractivity contribution in [2.45, 2.75) is 39.2 Å². The predicted molar refractivity (Wildman–Crippen MR) is 67.2 cm³/mol. The molecule has 17 heavy (non-hydrogen) atoms. The molecule has 5 nitrogen and oxygen atoms in total. The molecule has 0 fully saturated rings. The Balaban J connectivity index is 2.64. The minimum absolute atomic E-state index is 0.143. The molecule has 0 saturated carbocycles. The zero-order valence-corrected chi connectivity index (χ0v) is 10.7. The van der Waals surface area contributed by atoms with Crippen LogP contribution in [-0.4, -0.2) is 33.8 Å². The molecule has 5 heteroatoms. The second kappa shape index (κ2) is 6.39. The van der Waals surface area contributed by atoms with Crippen LogP contribution in [0.2, 0.25) is 0 Å². The lowest BCUT2D eigenvalue weighted by molar-refractivity contribution is 0.260. The summed E-state index contributed by atoms with van der Waals surface area (Å²) < 4.78 is 5.43. The van der Waals surface area contributed by atoms with Crippen molar-refractivity contribution in [2.24, 2.45) is 0 Å². The number of rotatable bonds is 7. The number of aliphatic hydroxyl groups is 1. The molecule has 0 bridgehead atoms. The lowest BCUT2D eigenvalue weighted by Gasteiger charge is -2.25. The molecule has 2 N–H and O–H groups in total. The zero-order chi connectivity index (χ0) is 12.7. The Kier molecular flexibility index (Phi) is 5.15. The Bertz CT molecular complexity index is 342. The van der Waals surface area contributed by atoms with E-state index in [0.717, 1.165) is 6.42 Å². The summed E-state index contributed by atoms with van der Waals surface area (Å²) in [6, 6.07) is 1.77. The van der Waals surface area contributed by atoms with Crippen LogP contribution >= 0.6 is 0 Å². The quantitative estimate of drug-likeness (QED) is 0.760. The van der Waals surface area contributed by atoms with Crippen molar-refractivity contribution in [3.8, 4) is 5.88 Å². The first-order valence-corrected chi connectivity index (χ1v) is 5.91. The van der Waals surface area contributed by atoms with Crippen LogP contribution in [0.3, 0.4) is 0 Å². The van der Waals surface area contributed by atoms with E-state index in [9.17, 15) is 0 Å². The van der Waals surface area contributed by atoms with E-state index in [4.69, 9.17) is 9.84 Å². The smallest absolute Gasteiger partial charge is 0.218 e. The average Bonchev–Trinajstić information content (AvgIpc) is 2.26. The number of hydrogen-bond donors (Lipinski definition) is 2. The molecule has 0 spiro atoms. The van der Waals surface area contributed by atoms with Crippen LogP contribution in [-0.2, 0) is 0 Å². The van der Waals surface area contributed by atoms with Crippen LogP contribution in [0.15, 0.2) is 12.4 Å².